The molecule has 1 aliphatic carbocycles. The van der Waals surface area contributed by atoms with Crippen molar-refractivity contribution in [3.8, 4) is 0 Å². The average Bonchev–Trinajstić information content (AvgIpc) is 3.11. The zero-order valence-corrected chi connectivity index (χ0v) is 13.2. The van der Waals surface area contributed by atoms with E-state index in [1.807, 2.05) is 0 Å². The van der Waals surface area contributed by atoms with Crippen molar-refractivity contribution < 1.29 is 24.3 Å². The number of nitrogens with two attached hydrogens (primary N) is 1. The maximum atomic E-state index is 12.6. The van der Waals surface area contributed by atoms with Gasteiger partial charge in [0.05, 0.1) is 6.10 Å². The number of aliphatic hydroxyl groups excluding tert-OH is 1. The molecule has 0 aromatic carbocycles. The summed E-state index contributed by atoms with van der Waals surface area (Å²) in [6.07, 6.45) is 1.01. The topological polar surface area (TPSA) is 130 Å². The van der Waals surface area contributed by atoms with Gasteiger partial charge in [-0.1, -0.05) is 0 Å². The fraction of sp³-hybridized carbons (Fsp3) is 0.733. The van der Waals surface area contributed by atoms with E-state index in [2.05, 4.69) is 5.32 Å². The highest BCUT2D eigenvalue weighted by Gasteiger charge is 2.39. The number of primary amides is 1. The largest absolute Gasteiger partial charge is 0.391 e. The Bertz CT molecular complexity index is 519. The van der Waals surface area contributed by atoms with E-state index in [0.29, 0.717) is 32.2 Å². The predicted molar refractivity (Wildman–Crippen MR) is 79.9 cm³/mol. The molecule has 1 unspecified atom stereocenters. The number of aliphatic hydroxyl groups is 1. The van der Waals surface area contributed by atoms with Crippen LogP contribution in [0.15, 0.2) is 0 Å². The molecule has 8 heteroatoms. The molecule has 0 aromatic rings. The van der Waals surface area contributed by atoms with Gasteiger partial charge in [-0.25, -0.2) is 0 Å². The third-order valence-corrected chi connectivity index (χ3v) is 4.53. The fourth-order valence-corrected chi connectivity index (χ4v) is 3.20. The number of nitrogens with one attached hydrogen (secondary N) is 1. The number of rotatable bonds is 5. The zero-order chi connectivity index (χ0) is 17.1. The summed E-state index contributed by atoms with van der Waals surface area (Å²) >= 11 is 0. The molecule has 2 aliphatic rings. The van der Waals surface area contributed by atoms with Gasteiger partial charge in [0, 0.05) is 25.3 Å². The zero-order valence-electron chi connectivity index (χ0n) is 13.2. The quantitative estimate of drug-likeness (QED) is 0.578. The lowest BCUT2D eigenvalue weighted by atomic mass is 10.0. The van der Waals surface area contributed by atoms with Gasteiger partial charge in [0.1, 0.15) is 17.9 Å². The van der Waals surface area contributed by atoms with Crippen LogP contribution in [0.5, 0.6) is 0 Å². The first-order chi connectivity index (χ1) is 10.8. The second-order valence-corrected chi connectivity index (χ2v) is 6.30. The molecule has 0 spiro atoms. The summed E-state index contributed by atoms with van der Waals surface area (Å²) in [7, 11) is 0. The first-order valence-electron chi connectivity index (χ1n) is 7.91. The molecule has 0 radical (unpaired) electrons. The highest BCUT2D eigenvalue weighted by atomic mass is 16.3. The molecule has 2 rings (SSSR count). The Hall–Kier alpha value is -1.96. The first-order valence-corrected chi connectivity index (χ1v) is 7.91. The smallest absolute Gasteiger partial charge is 0.248 e. The van der Waals surface area contributed by atoms with Crippen molar-refractivity contribution in [2.75, 3.05) is 6.54 Å². The average molecular weight is 325 g/mol. The van der Waals surface area contributed by atoms with Crippen LogP contribution in [0, 0.1) is 5.92 Å². The summed E-state index contributed by atoms with van der Waals surface area (Å²) in [6, 6.07) is -1.84. The summed E-state index contributed by atoms with van der Waals surface area (Å²) in [5.74, 6) is -1.95. The number of likely N-dealkylation sites (tertiary alicyclic amines) is 1. The minimum Gasteiger partial charge on any atom is -0.391 e. The molecule has 1 saturated heterocycles. The van der Waals surface area contributed by atoms with Gasteiger partial charge in [-0.2, -0.15) is 0 Å². The van der Waals surface area contributed by atoms with Crippen LogP contribution in [0.25, 0.3) is 0 Å². The van der Waals surface area contributed by atoms with E-state index >= 15 is 0 Å². The van der Waals surface area contributed by atoms with Crippen LogP contribution < -0.4 is 11.1 Å². The number of hydrogen-bond donors (Lipinski definition) is 3. The molecule has 23 heavy (non-hydrogen) atoms. The molecule has 1 aliphatic heterocycles. The lowest BCUT2D eigenvalue weighted by molar-refractivity contribution is -0.143. The highest BCUT2D eigenvalue weighted by Crippen LogP contribution is 2.23. The van der Waals surface area contributed by atoms with E-state index < -0.39 is 41.8 Å². The van der Waals surface area contributed by atoms with Crippen LogP contribution in [0.4, 0.5) is 0 Å². The van der Waals surface area contributed by atoms with Crippen LogP contribution in [0.1, 0.15) is 39.0 Å². The first kappa shape index (κ1) is 17.4. The minimum absolute atomic E-state index is 0.0263. The van der Waals surface area contributed by atoms with Gasteiger partial charge in [-0.15, -0.1) is 0 Å². The van der Waals surface area contributed by atoms with Crippen LogP contribution in [0.3, 0.4) is 0 Å². The molecule has 1 heterocycles. The van der Waals surface area contributed by atoms with Gasteiger partial charge in [0.15, 0.2) is 0 Å². The standard InChI is InChI=1S/C15H23N3O5/c1-8(19)12(17-14(22)9-4-5-10(20)7-9)15(23)18-6-2-3-11(18)13(16)21/h8-9,11-12,19H,2-7H2,1H3,(H2,16,21)(H,17,22)/t8-,9?,11+,12+/m1/s1. The molecule has 2 fully saturated rings. The Labute approximate surface area is 134 Å². The number of carbonyl (C=O) groups is 4. The van der Waals surface area contributed by atoms with E-state index in [4.69, 9.17) is 5.73 Å². The van der Waals surface area contributed by atoms with Crippen molar-refractivity contribution in [1.29, 1.82) is 0 Å². The predicted octanol–water partition coefficient (Wildman–Crippen LogP) is -1.30. The maximum absolute atomic E-state index is 12.6. The Morgan fingerprint density at radius 1 is 1.35 bits per heavy atom. The monoisotopic (exact) mass is 325 g/mol. The van der Waals surface area contributed by atoms with E-state index in [1.165, 1.54) is 11.8 Å². The minimum atomic E-state index is -1.14. The SMILES string of the molecule is C[C@@H](O)[C@H](NC(=O)C1CCC(=O)C1)C(=O)N1CCC[C@H]1C(N)=O. The third-order valence-electron chi connectivity index (χ3n) is 4.53. The van der Waals surface area contributed by atoms with Crippen molar-refractivity contribution >= 4 is 23.5 Å². The van der Waals surface area contributed by atoms with E-state index in [9.17, 15) is 24.3 Å². The molecule has 0 bridgehead atoms. The van der Waals surface area contributed by atoms with Gasteiger partial charge in [-0.3, -0.25) is 19.2 Å². The Morgan fingerprint density at radius 3 is 2.57 bits per heavy atom. The van der Waals surface area contributed by atoms with Gasteiger partial charge >= 0.3 is 0 Å². The number of ketones is 1. The van der Waals surface area contributed by atoms with E-state index in [-0.39, 0.29) is 12.2 Å². The second-order valence-electron chi connectivity index (χ2n) is 6.30. The van der Waals surface area contributed by atoms with Crippen LogP contribution >= 0.6 is 0 Å². The molecular formula is C15H23N3O5. The summed E-state index contributed by atoms with van der Waals surface area (Å²) < 4.78 is 0. The molecule has 128 valence electrons. The van der Waals surface area contributed by atoms with Crippen LogP contribution in [0.2, 0.25) is 0 Å². The molecule has 1 saturated carbocycles. The maximum Gasteiger partial charge on any atom is 0.248 e. The number of hydrogen-bond acceptors (Lipinski definition) is 5. The lowest BCUT2D eigenvalue weighted by Gasteiger charge is -2.29. The number of nitrogens with zero attached hydrogens (tertiary/aromatic N) is 1. The van der Waals surface area contributed by atoms with Crippen molar-refractivity contribution in [2.45, 2.75) is 57.2 Å². The summed E-state index contributed by atoms with van der Waals surface area (Å²) in [6.45, 7) is 1.77. The van der Waals surface area contributed by atoms with Crippen LogP contribution in [-0.4, -0.2) is 58.2 Å². The number of amides is 3. The van der Waals surface area contributed by atoms with Crippen molar-refractivity contribution in [3.63, 3.8) is 0 Å². The van der Waals surface area contributed by atoms with Gasteiger partial charge in [0.25, 0.3) is 0 Å². The third kappa shape index (κ3) is 3.87. The number of carbonyl (C=O) groups excluding carboxylic acids is 4. The summed E-state index contributed by atoms with van der Waals surface area (Å²) in [5, 5.41) is 12.4. The Balaban J connectivity index is 2.05. The van der Waals surface area contributed by atoms with Crippen molar-refractivity contribution in [2.24, 2.45) is 11.7 Å². The van der Waals surface area contributed by atoms with E-state index in [1.54, 1.807) is 0 Å². The normalized spacial score (nSPS) is 26.9. The lowest BCUT2D eigenvalue weighted by Crippen LogP contribution is -2.57. The molecular weight excluding hydrogens is 302 g/mol. The molecule has 4 atom stereocenters. The summed E-state index contributed by atoms with van der Waals surface area (Å²) in [4.78, 5) is 48.8. The highest BCUT2D eigenvalue weighted by molar-refractivity contribution is 5.95. The van der Waals surface area contributed by atoms with Crippen LogP contribution in [-0.2, 0) is 19.2 Å². The van der Waals surface area contributed by atoms with Crippen molar-refractivity contribution in [1.82, 2.24) is 10.2 Å². The fourth-order valence-electron chi connectivity index (χ4n) is 3.20. The van der Waals surface area contributed by atoms with Gasteiger partial charge in [-0.05, 0) is 26.2 Å². The Kier molecular flexibility index (Phi) is 5.35. The van der Waals surface area contributed by atoms with Gasteiger partial charge < -0.3 is 21.1 Å². The molecule has 3 amide bonds. The Morgan fingerprint density at radius 2 is 2.04 bits per heavy atom. The second kappa shape index (κ2) is 7.08. The molecule has 0 aromatic heterocycles. The van der Waals surface area contributed by atoms with Crippen molar-refractivity contribution in [3.05, 3.63) is 0 Å². The summed E-state index contributed by atoms with van der Waals surface area (Å²) in [5.41, 5.74) is 5.30. The molecule has 8 nitrogen and oxygen atoms in total. The van der Waals surface area contributed by atoms with Gasteiger partial charge in [0.2, 0.25) is 17.7 Å². The molecule has 4 N–H and O–H groups in total. The number of Topliss-reactive ketones (excluding diaryl/α,β-unsaturated/α-hetero) is 1. The van der Waals surface area contributed by atoms with E-state index in [0.717, 1.165) is 0 Å².